The molecule has 16 heavy (non-hydrogen) atoms. The number of aliphatic carboxylic acids is 1. The molecule has 1 saturated carbocycles. The van der Waals surface area contributed by atoms with Gasteiger partial charge in [-0.1, -0.05) is 6.42 Å². The molecule has 2 rings (SSSR count). The largest absolute Gasteiger partial charge is 0.480 e. The van der Waals surface area contributed by atoms with Crippen LogP contribution >= 0.6 is 0 Å². The molecule has 1 atom stereocenters. The topological polar surface area (TPSA) is 57.6 Å². The molecule has 2 fully saturated rings. The van der Waals surface area contributed by atoms with Crippen LogP contribution in [0.25, 0.3) is 0 Å². The summed E-state index contributed by atoms with van der Waals surface area (Å²) < 4.78 is 0. The summed E-state index contributed by atoms with van der Waals surface area (Å²) in [4.78, 5) is 25.6. The van der Waals surface area contributed by atoms with E-state index in [-0.39, 0.29) is 11.7 Å². The number of nitrogens with zero attached hydrogens (tertiary/aromatic N) is 1. The molecule has 1 saturated heterocycles. The minimum Gasteiger partial charge on any atom is -0.480 e. The van der Waals surface area contributed by atoms with E-state index in [0.717, 1.165) is 32.4 Å². The van der Waals surface area contributed by atoms with Gasteiger partial charge in [-0.15, -0.1) is 0 Å². The maximum atomic E-state index is 12.3. The van der Waals surface area contributed by atoms with Gasteiger partial charge in [0.15, 0.2) is 5.78 Å². The van der Waals surface area contributed by atoms with Crippen molar-refractivity contribution in [2.45, 2.75) is 32.1 Å². The smallest absolute Gasteiger partial charge is 0.317 e. The Balaban J connectivity index is 2.08. The van der Waals surface area contributed by atoms with E-state index in [0.29, 0.717) is 12.8 Å². The second kappa shape index (κ2) is 4.17. The van der Waals surface area contributed by atoms with Gasteiger partial charge in [0.05, 0.1) is 0 Å². The molecule has 0 amide bonds. The van der Waals surface area contributed by atoms with Gasteiger partial charge in [-0.3, -0.25) is 9.59 Å². The first-order chi connectivity index (χ1) is 7.56. The maximum Gasteiger partial charge on any atom is 0.317 e. The third-order valence-electron chi connectivity index (χ3n) is 4.08. The van der Waals surface area contributed by atoms with Gasteiger partial charge in [-0.25, -0.2) is 0 Å². The molecular weight excluding hydrogens is 206 g/mol. The Morgan fingerprint density at radius 1 is 1.31 bits per heavy atom. The number of carbonyl (C=O) groups excluding carboxylic acids is 1. The highest BCUT2D eigenvalue weighted by Crippen LogP contribution is 2.44. The summed E-state index contributed by atoms with van der Waals surface area (Å²) >= 11 is 0. The zero-order valence-corrected chi connectivity index (χ0v) is 9.74. The summed E-state index contributed by atoms with van der Waals surface area (Å²) in [5.74, 6) is -0.982. The number of carbonyl (C=O) groups is 2. The van der Waals surface area contributed by atoms with Crippen molar-refractivity contribution in [2.75, 3.05) is 20.1 Å². The first-order valence-corrected chi connectivity index (χ1v) is 6.02. The van der Waals surface area contributed by atoms with Crippen LogP contribution < -0.4 is 0 Å². The Morgan fingerprint density at radius 2 is 2.00 bits per heavy atom. The molecule has 0 aromatic rings. The normalized spacial score (nSPS) is 29.4. The van der Waals surface area contributed by atoms with Crippen LogP contribution in [0.2, 0.25) is 0 Å². The van der Waals surface area contributed by atoms with Gasteiger partial charge in [0.25, 0.3) is 0 Å². The Morgan fingerprint density at radius 3 is 2.44 bits per heavy atom. The van der Waals surface area contributed by atoms with Crippen LogP contribution in [0.1, 0.15) is 32.1 Å². The lowest BCUT2D eigenvalue weighted by Crippen LogP contribution is -2.51. The fraction of sp³-hybridized carbons (Fsp3) is 0.833. The molecule has 0 aromatic heterocycles. The van der Waals surface area contributed by atoms with E-state index in [2.05, 4.69) is 4.90 Å². The summed E-state index contributed by atoms with van der Waals surface area (Å²) in [5.41, 5.74) is -1.02. The molecular formula is C12H19NO3. The summed E-state index contributed by atoms with van der Waals surface area (Å²) in [5, 5.41) is 9.22. The molecule has 90 valence electrons. The molecule has 0 aromatic carbocycles. The highest BCUT2D eigenvalue weighted by Gasteiger charge is 2.52. The Kier molecular flexibility index (Phi) is 3.02. The highest BCUT2D eigenvalue weighted by atomic mass is 16.4. The lowest BCUT2D eigenvalue weighted by molar-refractivity contribution is -0.163. The average Bonchev–Trinajstić information content (AvgIpc) is 2.15. The van der Waals surface area contributed by atoms with Crippen LogP contribution in [0.5, 0.6) is 0 Å². The van der Waals surface area contributed by atoms with Crippen molar-refractivity contribution in [2.24, 2.45) is 11.3 Å². The van der Waals surface area contributed by atoms with Gasteiger partial charge < -0.3 is 10.0 Å². The number of likely N-dealkylation sites (tertiary alicyclic amines) is 1. The number of rotatable bonds is 3. The van der Waals surface area contributed by atoms with Crippen LogP contribution in [0.3, 0.4) is 0 Å². The quantitative estimate of drug-likeness (QED) is 0.732. The van der Waals surface area contributed by atoms with Crippen LogP contribution in [0, 0.1) is 11.3 Å². The third kappa shape index (κ3) is 1.75. The predicted octanol–water partition coefficient (Wildman–Crippen LogP) is 1.15. The van der Waals surface area contributed by atoms with E-state index in [1.165, 1.54) is 0 Å². The van der Waals surface area contributed by atoms with Crippen LogP contribution in [-0.4, -0.2) is 41.9 Å². The zero-order chi connectivity index (χ0) is 11.8. The van der Waals surface area contributed by atoms with E-state index >= 15 is 0 Å². The van der Waals surface area contributed by atoms with E-state index in [4.69, 9.17) is 0 Å². The number of ketones is 1. The average molecular weight is 225 g/mol. The molecule has 1 aliphatic heterocycles. The molecule has 1 aliphatic carbocycles. The first-order valence-electron chi connectivity index (χ1n) is 6.02. The Bertz CT molecular complexity index is 309. The second-order valence-corrected chi connectivity index (χ2v) is 5.21. The Labute approximate surface area is 95.6 Å². The number of hydrogen-bond donors (Lipinski definition) is 1. The fourth-order valence-corrected chi connectivity index (χ4v) is 2.87. The van der Waals surface area contributed by atoms with Gasteiger partial charge in [-0.05, 0) is 39.3 Å². The van der Waals surface area contributed by atoms with Crippen molar-refractivity contribution in [1.82, 2.24) is 4.90 Å². The molecule has 4 heteroatoms. The van der Waals surface area contributed by atoms with Crippen molar-refractivity contribution < 1.29 is 14.7 Å². The summed E-state index contributed by atoms with van der Waals surface area (Å²) in [6.45, 7) is 1.75. The standard InChI is InChI=1S/C12H19NO3/c1-13-7-2-4-9(8-13)10(14)12(11(15)16)5-3-6-12/h9H,2-8H2,1H3,(H,15,16). The minimum absolute atomic E-state index is 0.0159. The summed E-state index contributed by atoms with van der Waals surface area (Å²) in [6.07, 6.45) is 3.82. The first kappa shape index (κ1) is 11.6. The van der Waals surface area contributed by atoms with Crippen molar-refractivity contribution in [3.8, 4) is 0 Å². The molecule has 4 nitrogen and oxygen atoms in total. The number of hydrogen-bond acceptors (Lipinski definition) is 3. The van der Waals surface area contributed by atoms with E-state index < -0.39 is 11.4 Å². The van der Waals surface area contributed by atoms with Crippen molar-refractivity contribution in [3.63, 3.8) is 0 Å². The van der Waals surface area contributed by atoms with Crippen molar-refractivity contribution in [3.05, 3.63) is 0 Å². The Hall–Kier alpha value is -0.900. The lowest BCUT2D eigenvalue weighted by Gasteiger charge is -2.40. The number of Topliss-reactive ketones (excluding diaryl/α,β-unsaturated/α-hetero) is 1. The van der Waals surface area contributed by atoms with E-state index in [1.54, 1.807) is 0 Å². The monoisotopic (exact) mass is 225 g/mol. The van der Waals surface area contributed by atoms with Gasteiger partial charge >= 0.3 is 5.97 Å². The van der Waals surface area contributed by atoms with Crippen LogP contribution in [0.4, 0.5) is 0 Å². The molecule has 0 radical (unpaired) electrons. The third-order valence-corrected chi connectivity index (χ3v) is 4.08. The maximum absolute atomic E-state index is 12.3. The van der Waals surface area contributed by atoms with Gasteiger partial charge in [0, 0.05) is 12.5 Å². The fourth-order valence-electron chi connectivity index (χ4n) is 2.87. The molecule has 0 bridgehead atoms. The molecule has 1 unspecified atom stereocenters. The van der Waals surface area contributed by atoms with Crippen molar-refractivity contribution >= 4 is 11.8 Å². The van der Waals surface area contributed by atoms with Gasteiger partial charge in [-0.2, -0.15) is 0 Å². The molecule has 0 spiro atoms. The summed E-state index contributed by atoms with van der Waals surface area (Å²) in [7, 11) is 1.99. The van der Waals surface area contributed by atoms with Crippen molar-refractivity contribution in [1.29, 1.82) is 0 Å². The second-order valence-electron chi connectivity index (χ2n) is 5.21. The van der Waals surface area contributed by atoms with Crippen LogP contribution in [0.15, 0.2) is 0 Å². The molecule has 1 heterocycles. The highest BCUT2D eigenvalue weighted by molar-refractivity contribution is 6.05. The van der Waals surface area contributed by atoms with E-state index in [1.807, 2.05) is 7.05 Å². The van der Waals surface area contributed by atoms with Crippen LogP contribution in [-0.2, 0) is 9.59 Å². The van der Waals surface area contributed by atoms with E-state index in [9.17, 15) is 14.7 Å². The number of carboxylic acids is 1. The number of carboxylic acid groups (broad SMARTS) is 1. The lowest BCUT2D eigenvalue weighted by atomic mass is 9.62. The number of piperidine rings is 1. The SMILES string of the molecule is CN1CCCC(C(=O)C2(C(=O)O)CCC2)C1. The molecule has 2 aliphatic rings. The van der Waals surface area contributed by atoms with Gasteiger partial charge in [0.2, 0.25) is 0 Å². The summed E-state index contributed by atoms with van der Waals surface area (Å²) in [6, 6.07) is 0. The predicted molar refractivity (Wildman–Crippen MR) is 59.1 cm³/mol. The minimum atomic E-state index is -1.02. The molecule has 1 N–H and O–H groups in total. The van der Waals surface area contributed by atoms with Gasteiger partial charge in [0.1, 0.15) is 5.41 Å². The zero-order valence-electron chi connectivity index (χ0n) is 9.74.